The third-order valence-corrected chi connectivity index (χ3v) is 4.00. The zero-order valence-corrected chi connectivity index (χ0v) is 16.1. The second kappa shape index (κ2) is 10.3. The lowest BCUT2D eigenvalue weighted by Crippen LogP contribution is -2.41. The third kappa shape index (κ3) is 6.73. The summed E-state index contributed by atoms with van der Waals surface area (Å²) in [5.74, 6) is 1.59. The molecule has 1 atom stereocenters. The van der Waals surface area contributed by atoms with Crippen LogP contribution in [-0.4, -0.2) is 30.9 Å². The van der Waals surface area contributed by atoms with Crippen molar-refractivity contribution in [1.82, 2.24) is 10.6 Å². The first kappa shape index (κ1) is 20.4. The number of carbonyl (C=O) groups is 1. The van der Waals surface area contributed by atoms with Crippen LogP contribution >= 0.6 is 0 Å². The van der Waals surface area contributed by atoms with Crippen molar-refractivity contribution in [3.63, 3.8) is 0 Å². The number of rotatable bonds is 9. The molecule has 0 fully saturated rings. The van der Waals surface area contributed by atoms with Gasteiger partial charge in [0.25, 0.3) is 0 Å². The predicted molar refractivity (Wildman–Crippen MR) is 105 cm³/mol. The van der Waals surface area contributed by atoms with Crippen LogP contribution in [0.15, 0.2) is 42.5 Å². The van der Waals surface area contributed by atoms with Gasteiger partial charge in [-0.15, -0.1) is 0 Å². The van der Waals surface area contributed by atoms with Gasteiger partial charge in [-0.2, -0.15) is 0 Å². The average molecular weight is 372 g/mol. The summed E-state index contributed by atoms with van der Waals surface area (Å²) in [7, 11) is 1.60. The Kier molecular flexibility index (Phi) is 7.79. The minimum Gasteiger partial charge on any atom is -0.508 e. The van der Waals surface area contributed by atoms with E-state index in [1.807, 2.05) is 44.2 Å². The Morgan fingerprint density at radius 3 is 2.48 bits per heavy atom. The Hall–Kier alpha value is -2.89. The molecule has 6 nitrogen and oxygen atoms in total. The van der Waals surface area contributed by atoms with Gasteiger partial charge in [-0.3, -0.25) is 0 Å². The molecule has 0 saturated carbocycles. The van der Waals surface area contributed by atoms with Gasteiger partial charge in [-0.1, -0.05) is 25.1 Å². The van der Waals surface area contributed by atoms with Crippen molar-refractivity contribution in [3.05, 3.63) is 53.6 Å². The van der Waals surface area contributed by atoms with Crippen LogP contribution in [-0.2, 0) is 13.0 Å². The summed E-state index contributed by atoms with van der Waals surface area (Å²) < 4.78 is 11.0. The summed E-state index contributed by atoms with van der Waals surface area (Å²) in [5, 5.41) is 15.1. The molecule has 2 aromatic rings. The van der Waals surface area contributed by atoms with E-state index in [0.717, 1.165) is 17.5 Å². The highest BCUT2D eigenvalue weighted by molar-refractivity contribution is 5.74. The summed E-state index contributed by atoms with van der Waals surface area (Å²) >= 11 is 0. The molecule has 0 spiro atoms. The Bertz CT molecular complexity index is 731. The second-order valence-electron chi connectivity index (χ2n) is 6.43. The van der Waals surface area contributed by atoms with E-state index in [1.165, 1.54) is 0 Å². The van der Waals surface area contributed by atoms with Gasteiger partial charge in [0.1, 0.15) is 5.75 Å². The summed E-state index contributed by atoms with van der Waals surface area (Å²) in [5.41, 5.74) is 1.98. The molecule has 0 heterocycles. The van der Waals surface area contributed by atoms with Gasteiger partial charge in [0, 0.05) is 12.6 Å². The van der Waals surface area contributed by atoms with Gasteiger partial charge >= 0.3 is 6.03 Å². The summed E-state index contributed by atoms with van der Waals surface area (Å²) in [6, 6.07) is 12.3. The minimum absolute atomic E-state index is 0.0334. The SMILES string of the molecule is CCCOc1ccc(CNC(=O)NC(C)Cc2ccc(O)cc2)cc1OC. The molecule has 0 aromatic heterocycles. The maximum absolute atomic E-state index is 12.1. The molecule has 146 valence electrons. The molecular weight excluding hydrogens is 344 g/mol. The number of phenolic OH excluding ortho intramolecular Hbond substituents is 1. The molecule has 0 bridgehead atoms. The molecule has 2 rings (SSSR count). The van der Waals surface area contributed by atoms with Gasteiger partial charge < -0.3 is 25.2 Å². The van der Waals surface area contributed by atoms with Crippen LogP contribution < -0.4 is 20.1 Å². The summed E-state index contributed by atoms with van der Waals surface area (Å²) in [4.78, 5) is 12.1. The van der Waals surface area contributed by atoms with Gasteiger partial charge in [-0.05, 0) is 55.2 Å². The highest BCUT2D eigenvalue weighted by atomic mass is 16.5. The molecule has 6 heteroatoms. The molecule has 2 aromatic carbocycles. The minimum atomic E-state index is -0.230. The van der Waals surface area contributed by atoms with Crippen molar-refractivity contribution < 1.29 is 19.4 Å². The summed E-state index contributed by atoms with van der Waals surface area (Å²) in [6.07, 6.45) is 1.61. The van der Waals surface area contributed by atoms with Crippen LogP contribution in [0.1, 0.15) is 31.4 Å². The smallest absolute Gasteiger partial charge is 0.315 e. The first-order chi connectivity index (χ1) is 13.0. The normalized spacial score (nSPS) is 11.5. The van der Waals surface area contributed by atoms with E-state index in [2.05, 4.69) is 10.6 Å². The number of carbonyl (C=O) groups excluding carboxylic acids is 1. The maximum atomic E-state index is 12.1. The number of methoxy groups -OCH3 is 1. The third-order valence-electron chi connectivity index (χ3n) is 4.00. The maximum Gasteiger partial charge on any atom is 0.315 e. The number of urea groups is 1. The topological polar surface area (TPSA) is 79.8 Å². The first-order valence-corrected chi connectivity index (χ1v) is 9.13. The molecule has 27 heavy (non-hydrogen) atoms. The fourth-order valence-electron chi connectivity index (χ4n) is 2.65. The number of amides is 2. The van der Waals surface area contributed by atoms with Gasteiger partial charge in [-0.25, -0.2) is 4.79 Å². The van der Waals surface area contributed by atoms with Crippen LogP contribution in [0, 0.1) is 0 Å². The van der Waals surface area contributed by atoms with Crippen molar-refractivity contribution >= 4 is 6.03 Å². The number of hydrogen-bond acceptors (Lipinski definition) is 4. The lowest BCUT2D eigenvalue weighted by molar-refractivity contribution is 0.237. The highest BCUT2D eigenvalue weighted by Crippen LogP contribution is 2.28. The van der Waals surface area contributed by atoms with Crippen molar-refractivity contribution in [2.24, 2.45) is 0 Å². The van der Waals surface area contributed by atoms with E-state index < -0.39 is 0 Å². The van der Waals surface area contributed by atoms with E-state index in [-0.39, 0.29) is 17.8 Å². The molecule has 0 aliphatic heterocycles. The number of ether oxygens (including phenoxy) is 2. The second-order valence-corrected chi connectivity index (χ2v) is 6.43. The number of hydrogen-bond donors (Lipinski definition) is 3. The largest absolute Gasteiger partial charge is 0.508 e. The van der Waals surface area contributed by atoms with E-state index in [0.29, 0.717) is 31.1 Å². The van der Waals surface area contributed by atoms with Crippen LogP contribution in [0.5, 0.6) is 17.2 Å². The molecule has 0 aliphatic carbocycles. The zero-order chi connectivity index (χ0) is 19.6. The van der Waals surface area contributed by atoms with Crippen molar-refractivity contribution in [2.45, 2.75) is 39.3 Å². The molecule has 0 saturated heterocycles. The quantitative estimate of drug-likeness (QED) is 0.628. The number of phenols is 1. The lowest BCUT2D eigenvalue weighted by Gasteiger charge is -2.15. The monoisotopic (exact) mass is 372 g/mol. The fraction of sp³-hybridized carbons (Fsp3) is 0.381. The van der Waals surface area contributed by atoms with E-state index in [1.54, 1.807) is 19.2 Å². The van der Waals surface area contributed by atoms with E-state index >= 15 is 0 Å². The lowest BCUT2D eigenvalue weighted by atomic mass is 10.1. The first-order valence-electron chi connectivity index (χ1n) is 9.13. The summed E-state index contributed by atoms with van der Waals surface area (Å²) in [6.45, 7) is 5.01. The fourth-order valence-corrected chi connectivity index (χ4v) is 2.65. The standard InChI is InChI=1S/C21H28N2O4/c1-4-11-27-19-10-7-17(13-20(19)26-3)14-22-21(25)23-15(2)12-16-5-8-18(24)9-6-16/h5-10,13,15,24H,4,11-12,14H2,1-3H3,(H2,22,23,25). The van der Waals surface area contributed by atoms with Crippen LogP contribution in [0.25, 0.3) is 0 Å². The molecule has 2 amide bonds. The predicted octanol–water partition coefficient (Wildman–Crippen LogP) is 3.62. The van der Waals surface area contributed by atoms with Crippen molar-refractivity contribution in [2.75, 3.05) is 13.7 Å². The zero-order valence-electron chi connectivity index (χ0n) is 16.1. The van der Waals surface area contributed by atoms with Crippen LogP contribution in [0.4, 0.5) is 4.79 Å². The number of aromatic hydroxyl groups is 1. The van der Waals surface area contributed by atoms with Gasteiger partial charge in [0.2, 0.25) is 0 Å². The number of benzene rings is 2. The van der Waals surface area contributed by atoms with E-state index in [4.69, 9.17) is 9.47 Å². The van der Waals surface area contributed by atoms with E-state index in [9.17, 15) is 9.90 Å². The van der Waals surface area contributed by atoms with Gasteiger partial charge in [0.05, 0.1) is 13.7 Å². The molecular formula is C21H28N2O4. The van der Waals surface area contributed by atoms with Crippen LogP contribution in [0.3, 0.4) is 0 Å². The Morgan fingerprint density at radius 2 is 1.81 bits per heavy atom. The van der Waals surface area contributed by atoms with Crippen molar-refractivity contribution in [3.8, 4) is 17.2 Å². The Balaban J connectivity index is 1.82. The average Bonchev–Trinajstić information content (AvgIpc) is 2.66. The van der Waals surface area contributed by atoms with Crippen molar-refractivity contribution in [1.29, 1.82) is 0 Å². The molecule has 0 radical (unpaired) electrons. The molecule has 0 aliphatic rings. The Labute approximate surface area is 160 Å². The molecule has 3 N–H and O–H groups in total. The van der Waals surface area contributed by atoms with Gasteiger partial charge in [0.15, 0.2) is 11.5 Å². The van der Waals surface area contributed by atoms with Crippen LogP contribution in [0.2, 0.25) is 0 Å². The highest BCUT2D eigenvalue weighted by Gasteiger charge is 2.10. The Morgan fingerprint density at radius 1 is 1.11 bits per heavy atom. The number of nitrogens with one attached hydrogen (secondary N) is 2. The molecule has 1 unspecified atom stereocenters.